The first kappa shape index (κ1) is 15.6. The Bertz CT molecular complexity index is 605. The summed E-state index contributed by atoms with van der Waals surface area (Å²) in [6, 6.07) is 8.39. The molecular formula is C14H12BrF3N2O. The van der Waals surface area contributed by atoms with Crippen LogP contribution < -0.4 is 10.1 Å². The number of aromatic nitrogens is 1. The molecule has 0 fully saturated rings. The molecule has 0 saturated heterocycles. The monoisotopic (exact) mass is 360 g/mol. The van der Waals surface area contributed by atoms with Crippen LogP contribution in [0.1, 0.15) is 5.56 Å². The molecule has 7 heteroatoms. The van der Waals surface area contributed by atoms with Crippen molar-refractivity contribution in [3.05, 3.63) is 52.8 Å². The van der Waals surface area contributed by atoms with Gasteiger partial charge in [-0.25, -0.2) is 0 Å². The molecule has 1 N–H and O–H groups in total. The van der Waals surface area contributed by atoms with Crippen molar-refractivity contribution in [3.8, 4) is 5.75 Å². The molecule has 0 spiro atoms. The molecule has 2 aromatic rings. The summed E-state index contributed by atoms with van der Waals surface area (Å²) in [5.41, 5.74) is 1.63. The Labute approximate surface area is 128 Å². The van der Waals surface area contributed by atoms with Gasteiger partial charge in [-0.1, -0.05) is 12.1 Å². The molecule has 3 nitrogen and oxygen atoms in total. The maximum Gasteiger partial charge on any atom is 0.422 e. The molecule has 0 amide bonds. The Morgan fingerprint density at radius 3 is 2.71 bits per heavy atom. The standard InChI is InChI=1S/C14H12BrF3N2O/c15-11-5-12(8-19-7-11)20-6-10-2-1-3-13(4-10)21-9-14(16,17)18/h1-5,7-8,20H,6,9H2. The molecule has 21 heavy (non-hydrogen) atoms. The van der Waals surface area contributed by atoms with E-state index in [1.165, 1.54) is 6.07 Å². The lowest BCUT2D eigenvalue weighted by molar-refractivity contribution is -0.153. The van der Waals surface area contributed by atoms with Crippen LogP contribution in [0.5, 0.6) is 5.75 Å². The summed E-state index contributed by atoms with van der Waals surface area (Å²) < 4.78 is 41.9. The van der Waals surface area contributed by atoms with E-state index in [1.807, 2.05) is 6.07 Å². The molecule has 0 aliphatic carbocycles. The fourth-order valence-corrected chi connectivity index (χ4v) is 1.99. The topological polar surface area (TPSA) is 34.1 Å². The van der Waals surface area contributed by atoms with Gasteiger partial charge in [0, 0.05) is 17.2 Å². The zero-order chi connectivity index (χ0) is 15.3. The number of nitrogens with one attached hydrogen (secondary N) is 1. The second-order valence-corrected chi connectivity index (χ2v) is 5.21. The van der Waals surface area contributed by atoms with Gasteiger partial charge in [0.25, 0.3) is 0 Å². The molecule has 1 aromatic carbocycles. The Balaban J connectivity index is 1.95. The van der Waals surface area contributed by atoms with Crippen LogP contribution in [0.2, 0.25) is 0 Å². The largest absolute Gasteiger partial charge is 0.484 e. The van der Waals surface area contributed by atoms with Crippen LogP contribution in [0, 0.1) is 0 Å². The van der Waals surface area contributed by atoms with E-state index in [0.29, 0.717) is 6.54 Å². The highest BCUT2D eigenvalue weighted by molar-refractivity contribution is 9.10. The maximum absolute atomic E-state index is 12.1. The first-order valence-electron chi connectivity index (χ1n) is 6.05. The highest BCUT2D eigenvalue weighted by Gasteiger charge is 2.28. The zero-order valence-electron chi connectivity index (χ0n) is 10.8. The van der Waals surface area contributed by atoms with Gasteiger partial charge in [0.2, 0.25) is 0 Å². The molecule has 0 unspecified atom stereocenters. The molecule has 0 radical (unpaired) electrons. The molecule has 0 aliphatic heterocycles. The predicted molar refractivity (Wildman–Crippen MR) is 77.3 cm³/mol. The molecule has 1 aromatic heterocycles. The zero-order valence-corrected chi connectivity index (χ0v) is 12.4. The van der Waals surface area contributed by atoms with Gasteiger partial charge in [-0.2, -0.15) is 13.2 Å². The van der Waals surface area contributed by atoms with Crippen LogP contribution in [-0.4, -0.2) is 17.8 Å². The summed E-state index contributed by atoms with van der Waals surface area (Å²) in [7, 11) is 0. The number of anilines is 1. The van der Waals surface area contributed by atoms with Crippen LogP contribution in [0.15, 0.2) is 47.2 Å². The number of hydrogen-bond donors (Lipinski definition) is 1. The number of rotatable bonds is 5. The summed E-state index contributed by atoms with van der Waals surface area (Å²) in [6.45, 7) is -0.833. The van der Waals surface area contributed by atoms with E-state index in [-0.39, 0.29) is 5.75 Å². The van der Waals surface area contributed by atoms with E-state index < -0.39 is 12.8 Å². The molecule has 1 heterocycles. The highest BCUT2D eigenvalue weighted by atomic mass is 79.9. The molecule has 0 aliphatic rings. The molecule has 0 bridgehead atoms. The van der Waals surface area contributed by atoms with Crippen LogP contribution in [0.3, 0.4) is 0 Å². The number of benzene rings is 1. The lowest BCUT2D eigenvalue weighted by atomic mass is 10.2. The van der Waals surface area contributed by atoms with Crippen molar-refractivity contribution < 1.29 is 17.9 Å². The Morgan fingerprint density at radius 2 is 2.00 bits per heavy atom. The minimum atomic E-state index is -4.34. The van der Waals surface area contributed by atoms with Crippen molar-refractivity contribution >= 4 is 21.6 Å². The van der Waals surface area contributed by atoms with Gasteiger partial charge in [-0.05, 0) is 39.7 Å². The van der Waals surface area contributed by atoms with Gasteiger partial charge in [0.1, 0.15) is 5.75 Å². The van der Waals surface area contributed by atoms with E-state index in [4.69, 9.17) is 4.74 Å². The van der Waals surface area contributed by atoms with Crippen molar-refractivity contribution in [2.75, 3.05) is 11.9 Å². The van der Waals surface area contributed by atoms with Crippen molar-refractivity contribution in [3.63, 3.8) is 0 Å². The van der Waals surface area contributed by atoms with E-state index in [9.17, 15) is 13.2 Å². The molecule has 0 atom stereocenters. The van der Waals surface area contributed by atoms with Crippen LogP contribution in [0.4, 0.5) is 18.9 Å². The summed E-state index contributed by atoms with van der Waals surface area (Å²) >= 11 is 3.31. The van der Waals surface area contributed by atoms with Crippen molar-refractivity contribution in [1.29, 1.82) is 0 Å². The van der Waals surface area contributed by atoms with Gasteiger partial charge >= 0.3 is 6.18 Å². The van der Waals surface area contributed by atoms with Gasteiger partial charge in [-0.3, -0.25) is 4.98 Å². The van der Waals surface area contributed by atoms with Crippen molar-refractivity contribution in [2.24, 2.45) is 0 Å². The quantitative estimate of drug-likeness (QED) is 0.858. The summed E-state index contributed by atoms with van der Waals surface area (Å²) in [5, 5.41) is 3.13. The lowest BCUT2D eigenvalue weighted by Crippen LogP contribution is -2.19. The Kier molecular flexibility index (Phi) is 5.06. The molecule has 112 valence electrons. The second-order valence-electron chi connectivity index (χ2n) is 4.30. The van der Waals surface area contributed by atoms with E-state index in [2.05, 4.69) is 26.2 Å². The third-order valence-corrected chi connectivity index (χ3v) is 2.94. The average molecular weight is 361 g/mol. The fourth-order valence-electron chi connectivity index (χ4n) is 1.62. The second kappa shape index (κ2) is 6.80. The van der Waals surface area contributed by atoms with Crippen LogP contribution >= 0.6 is 15.9 Å². The summed E-state index contributed by atoms with van der Waals surface area (Å²) in [6.07, 6.45) is -1.01. The van der Waals surface area contributed by atoms with Gasteiger partial charge in [-0.15, -0.1) is 0 Å². The van der Waals surface area contributed by atoms with Crippen molar-refractivity contribution in [2.45, 2.75) is 12.7 Å². The van der Waals surface area contributed by atoms with Crippen LogP contribution in [0.25, 0.3) is 0 Å². The number of halogens is 4. The molecule has 2 rings (SSSR count). The third kappa shape index (κ3) is 5.63. The Hall–Kier alpha value is -1.76. The number of nitrogens with zero attached hydrogens (tertiary/aromatic N) is 1. The van der Waals surface area contributed by atoms with Crippen LogP contribution in [-0.2, 0) is 6.54 Å². The predicted octanol–water partition coefficient (Wildman–Crippen LogP) is 4.40. The maximum atomic E-state index is 12.1. The highest BCUT2D eigenvalue weighted by Crippen LogP contribution is 2.20. The SMILES string of the molecule is FC(F)(F)COc1cccc(CNc2cncc(Br)c2)c1. The average Bonchev–Trinajstić information content (AvgIpc) is 2.43. The minimum absolute atomic E-state index is 0.194. The molecular weight excluding hydrogens is 349 g/mol. The minimum Gasteiger partial charge on any atom is -0.484 e. The van der Waals surface area contributed by atoms with E-state index >= 15 is 0 Å². The summed E-state index contributed by atoms with van der Waals surface area (Å²) in [5.74, 6) is 0.194. The number of pyridine rings is 1. The fraction of sp³-hybridized carbons (Fsp3) is 0.214. The smallest absolute Gasteiger partial charge is 0.422 e. The lowest BCUT2D eigenvalue weighted by Gasteiger charge is -2.11. The van der Waals surface area contributed by atoms with Gasteiger partial charge in [0.15, 0.2) is 6.61 Å². The van der Waals surface area contributed by atoms with Gasteiger partial charge in [0.05, 0.1) is 11.9 Å². The normalized spacial score (nSPS) is 11.2. The van der Waals surface area contributed by atoms with E-state index in [0.717, 1.165) is 15.7 Å². The summed E-state index contributed by atoms with van der Waals surface area (Å²) in [4.78, 5) is 4.01. The first-order valence-corrected chi connectivity index (χ1v) is 6.84. The van der Waals surface area contributed by atoms with Gasteiger partial charge < -0.3 is 10.1 Å². The number of hydrogen-bond acceptors (Lipinski definition) is 3. The van der Waals surface area contributed by atoms with E-state index in [1.54, 1.807) is 30.6 Å². The molecule has 0 saturated carbocycles. The number of alkyl halides is 3. The number of ether oxygens (including phenoxy) is 1. The third-order valence-electron chi connectivity index (χ3n) is 2.50. The van der Waals surface area contributed by atoms with Crippen molar-refractivity contribution in [1.82, 2.24) is 4.98 Å². The first-order chi connectivity index (χ1) is 9.92. The Morgan fingerprint density at radius 1 is 1.19 bits per heavy atom.